The Kier molecular flexibility index (Phi) is 6.57. The molecule has 5 heteroatoms. The lowest BCUT2D eigenvalue weighted by atomic mass is 10.0. The van der Waals surface area contributed by atoms with Gasteiger partial charge in [0, 0.05) is 11.4 Å². The number of ether oxygens (including phenoxy) is 1. The summed E-state index contributed by atoms with van der Waals surface area (Å²) in [7, 11) is 1.34. The summed E-state index contributed by atoms with van der Waals surface area (Å²) in [6.07, 6.45) is 1.72. The SMILES string of the molecule is CCc1cccc(CC)c1NC(=O)CNc1cccc(C(=O)OC)c1. The van der Waals surface area contributed by atoms with E-state index in [9.17, 15) is 9.59 Å². The molecule has 0 bridgehead atoms. The Balaban J connectivity index is 2.03. The van der Waals surface area contributed by atoms with E-state index in [2.05, 4.69) is 24.5 Å². The van der Waals surface area contributed by atoms with E-state index in [-0.39, 0.29) is 12.5 Å². The molecule has 0 aliphatic rings. The van der Waals surface area contributed by atoms with Crippen LogP contribution < -0.4 is 10.6 Å². The summed E-state index contributed by atoms with van der Waals surface area (Å²) < 4.78 is 4.70. The van der Waals surface area contributed by atoms with Gasteiger partial charge in [0.15, 0.2) is 0 Å². The molecule has 0 spiro atoms. The topological polar surface area (TPSA) is 67.4 Å². The Morgan fingerprint density at radius 3 is 2.24 bits per heavy atom. The van der Waals surface area contributed by atoms with Crippen LogP contribution in [0.4, 0.5) is 11.4 Å². The molecule has 2 aromatic carbocycles. The minimum absolute atomic E-state index is 0.117. The number of nitrogens with one attached hydrogen (secondary N) is 2. The molecule has 0 aromatic heterocycles. The Bertz CT molecular complexity index is 734. The fourth-order valence-corrected chi connectivity index (χ4v) is 2.64. The molecule has 1 amide bonds. The zero-order valence-corrected chi connectivity index (χ0v) is 14.9. The lowest BCUT2D eigenvalue weighted by molar-refractivity contribution is -0.114. The van der Waals surface area contributed by atoms with E-state index in [0.29, 0.717) is 11.3 Å². The monoisotopic (exact) mass is 340 g/mol. The van der Waals surface area contributed by atoms with Crippen molar-refractivity contribution in [2.75, 3.05) is 24.3 Å². The second kappa shape index (κ2) is 8.87. The molecular weight excluding hydrogens is 316 g/mol. The average Bonchev–Trinajstić information content (AvgIpc) is 2.66. The van der Waals surface area contributed by atoms with Crippen molar-refractivity contribution in [3.05, 3.63) is 59.2 Å². The Labute approximate surface area is 148 Å². The van der Waals surface area contributed by atoms with Gasteiger partial charge in [-0.25, -0.2) is 4.79 Å². The van der Waals surface area contributed by atoms with E-state index < -0.39 is 5.97 Å². The van der Waals surface area contributed by atoms with Crippen molar-refractivity contribution >= 4 is 23.3 Å². The first-order chi connectivity index (χ1) is 12.1. The quantitative estimate of drug-likeness (QED) is 0.755. The first-order valence-electron chi connectivity index (χ1n) is 8.41. The van der Waals surface area contributed by atoms with Crippen LogP contribution in [-0.4, -0.2) is 25.5 Å². The number of benzene rings is 2. The number of methoxy groups -OCH3 is 1. The van der Waals surface area contributed by atoms with Gasteiger partial charge >= 0.3 is 5.97 Å². The van der Waals surface area contributed by atoms with Gasteiger partial charge in [-0.1, -0.05) is 38.1 Å². The fraction of sp³-hybridized carbons (Fsp3) is 0.300. The van der Waals surface area contributed by atoms with Crippen LogP contribution in [0.2, 0.25) is 0 Å². The van der Waals surface area contributed by atoms with Gasteiger partial charge in [-0.05, 0) is 42.2 Å². The molecule has 25 heavy (non-hydrogen) atoms. The van der Waals surface area contributed by atoms with Gasteiger partial charge in [0.2, 0.25) is 5.91 Å². The molecule has 0 aliphatic heterocycles. The standard InChI is InChI=1S/C20H24N2O3/c1-4-14-8-6-9-15(5-2)19(14)22-18(23)13-21-17-11-7-10-16(12-17)20(24)25-3/h6-12,21H,4-5,13H2,1-3H3,(H,22,23). The lowest BCUT2D eigenvalue weighted by Crippen LogP contribution is -2.23. The van der Waals surface area contributed by atoms with Crippen LogP contribution in [0.15, 0.2) is 42.5 Å². The van der Waals surface area contributed by atoms with Gasteiger partial charge in [-0.15, -0.1) is 0 Å². The second-order valence-corrected chi connectivity index (χ2v) is 5.63. The minimum Gasteiger partial charge on any atom is -0.465 e. The number of carbonyl (C=O) groups excluding carboxylic acids is 2. The van der Waals surface area contributed by atoms with E-state index in [4.69, 9.17) is 4.74 Å². The fourth-order valence-electron chi connectivity index (χ4n) is 2.64. The molecule has 2 N–H and O–H groups in total. The van der Waals surface area contributed by atoms with Crippen LogP contribution >= 0.6 is 0 Å². The van der Waals surface area contributed by atoms with E-state index in [0.717, 1.165) is 29.7 Å². The van der Waals surface area contributed by atoms with Crippen molar-refractivity contribution in [1.82, 2.24) is 0 Å². The predicted octanol–water partition coefficient (Wildman–Crippen LogP) is 3.65. The highest BCUT2D eigenvalue weighted by molar-refractivity contribution is 5.95. The van der Waals surface area contributed by atoms with Crippen LogP contribution in [0.25, 0.3) is 0 Å². The maximum atomic E-state index is 12.3. The van der Waals surface area contributed by atoms with Crippen LogP contribution in [0.1, 0.15) is 35.3 Å². The average molecular weight is 340 g/mol. The molecule has 0 radical (unpaired) electrons. The molecule has 0 saturated carbocycles. The highest BCUT2D eigenvalue weighted by Gasteiger charge is 2.10. The Morgan fingerprint density at radius 1 is 1.00 bits per heavy atom. The predicted molar refractivity (Wildman–Crippen MR) is 100 cm³/mol. The molecule has 2 rings (SSSR count). The smallest absolute Gasteiger partial charge is 0.337 e. The zero-order chi connectivity index (χ0) is 18.2. The van der Waals surface area contributed by atoms with Crippen molar-refractivity contribution in [2.24, 2.45) is 0 Å². The first-order valence-corrected chi connectivity index (χ1v) is 8.41. The van der Waals surface area contributed by atoms with Crippen molar-refractivity contribution in [2.45, 2.75) is 26.7 Å². The number of aryl methyl sites for hydroxylation is 2. The van der Waals surface area contributed by atoms with Gasteiger partial charge in [0.05, 0.1) is 19.2 Å². The van der Waals surface area contributed by atoms with E-state index in [1.54, 1.807) is 24.3 Å². The Hall–Kier alpha value is -2.82. The van der Waals surface area contributed by atoms with Crippen molar-refractivity contribution in [3.8, 4) is 0 Å². The maximum Gasteiger partial charge on any atom is 0.337 e. The summed E-state index contributed by atoms with van der Waals surface area (Å²) in [5.74, 6) is -0.531. The van der Waals surface area contributed by atoms with Gasteiger partial charge < -0.3 is 15.4 Å². The first kappa shape index (κ1) is 18.5. The number of para-hydroxylation sites is 1. The molecule has 0 heterocycles. The summed E-state index contributed by atoms with van der Waals surface area (Å²) in [4.78, 5) is 23.9. The molecular formula is C20H24N2O3. The molecule has 0 atom stereocenters. The third-order valence-electron chi connectivity index (χ3n) is 4.00. The highest BCUT2D eigenvalue weighted by Crippen LogP contribution is 2.22. The molecule has 0 saturated heterocycles. The lowest BCUT2D eigenvalue weighted by Gasteiger charge is -2.15. The van der Waals surface area contributed by atoms with Crippen LogP contribution in [0.3, 0.4) is 0 Å². The summed E-state index contributed by atoms with van der Waals surface area (Å²) in [6, 6.07) is 13.0. The number of anilines is 2. The number of rotatable bonds is 7. The van der Waals surface area contributed by atoms with Crippen molar-refractivity contribution < 1.29 is 14.3 Å². The molecule has 0 fully saturated rings. The van der Waals surface area contributed by atoms with Crippen molar-refractivity contribution in [3.63, 3.8) is 0 Å². The zero-order valence-electron chi connectivity index (χ0n) is 14.9. The summed E-state index contributed by atoms with van der Waals surface area (Å²) >= 11 is 0. The van der Waals surface area contributed by atoms with Crippen LogP contribution in [-0.2, 0) is 22.4 Å². The largest absolute Gasteiger partial charge is 0.465 e. The van der Waals surface area contributed by atoms with E-state index in [1.807, 2.05) is 18.2 Å². The summed E-state index contributed by atoms with van der Waals surface area (Å²) in [5.41, 5.74) is 4.29. The molecule has 2 aromatic rings. The molecule has 0 aliphatic carbocycles. The van der Waals surface area contributed by atoms with Gasteiger partial charge in [-0.3, -0.25) is 4.79 Å². The van der Waals surface area contributed by atoms with Gasteiger partial charge in [-0.2, -0.15) is 0 Å². The third kappa shape index (κ3) is 4.83. The van der Waals surface area contributed by atoms with Gasteiger partial charge in [0.25, 0.3) is 0 Å². The molecule has 0 unspecified atom stereocenters. The number of hydrogen-bond donors (Lipinski definition) is 2. The molecule has 5 nitrogen and oxygen atoms in total. The minimum atomic E-state index is -0.405. The number of carbonyl (C=O) groups is 2. The number of amides is 1. The number of esters is 1. The van der Waals surface area contributed by atoms with E-state index >= 15 is 0 Å². The third-order valence-corrected chi connectivity index (χ3v) is 4.00. The highest BCUT2D eigenvalue weighted by atomic mass is 16.5. The summed E-state index contributed by atoms with van der Waals surface area (Å²) in [5, 5.41) is 6.05. The maximum absolute atomic E-state index is 12.3. The van der Waals surface area contributed by atoms with Crippen LogP contribution in [0.5, 0.6) is 0 Å². The molecule has 132 valence electrons. The Morgan fingerprint density at radius 2 is 1.64 bits per heavy atom. The number of hydrogen-bond acceptors (Lipinski definition) is 4. The van der Waals surface area contributed by atoms with E-state index in [1.165, 1.54) is 7.11 Å². The van der Waals surface area contributed by atoms with Crippen LogP contribution in [0, 0.1) is 0 Å². The normalized spacial score (nSPS) is 10.2. The van der Waals surface area contributed by atoms with Gasteiger partial charge in [0.1, 0.15) is 0 Å². The van der Waals surface area contributed by atoms with Crippen molar-refractivity contribution in [1.29, 1.82) is 0 Å². The second-order valence-electron chi connectivity index (χ2n) is 5.63. The summed E-state index contributed by atoms with van der Waals surface area (Å²) in [6.45, 7) is 4.26.